The number of carbonyl (C=O) groups is 1. The van der Waals surface area contributed by atoms with Crippen molar-refractivity contribution in [1.29, 1.82) is 0 Å². The molecule has 0 aromatic heterocycles. The van der Waals surface area contributed by atoms with E-state index >= 15 is 0 Å². The molecular weight excluding hydrogens is 356 g/mol. The van der Waals surface area contributed by atoms with Crippen molar-refractivity contribution < 1.29 is 4.79 Å². The van der Waals surface area contributed by atoms with E-state index in [0.717, 1.165) is 44.9 Å². The van der Waals surface area contributed by atoms with Crippen LogP contribution in [-0.4, -0.2) is 18.0 Å². The smallest absolute Gasteiger partial charge is 0.226 e. The summed E-state index contributed by atoms with van der Waals surface area (Å²) in [5.74, 6) is 1.70. The minimum atomic E-state index is -0.168. The maximum absolute atomic E-state index is 13.8. The SMILES string of the molecule is CC(C)C12CC3CC(C(=O)N[C@H]4CC[C@H](N)CC4)(CC(c4ccccc4)(C3)C1)C2. The van der Waals surface area contributed by atoms with Gasteiger partial charge >= 0.3 is 0 Å². The van der Waals surface area contributed by atoms with Crippen molar-refractivity contribution in [2.45, 2.75) is 95.6 Å². The van der Waals surface area contributed by atoms with Crippen LogP contribution in [0.4, 0.5) is 0 Å². The van der Waals surface area contributed by atoms with Crippen LogP contribution in [0.15, 0.2) is 30.3 Å². The molecule has 1 aromatic carbocycles. The Balaban J connectivity index is 1.47. The van der Waals surface area contributed by atoms with Gasteiger partial charge in [-0.1, -0.05) is 44.2 Å². The van der Waals surface area contributed by atoms with Crippen LogP contribution in [0.2, 0.25) is 0 Å². The molecule has 29 heavy (non-hydrogen) atoms. The standard InChI is InChI=1S/C26H38N2O/c1-18(2)24-12-19-13-25(15-24,20-6-4-3-5-7-20)17-26(14-19,16-24)23(29)28-22-10-8-21(27)9-11-22/h3-7,18-19,21-22H,8-17,27H2,1-2H3,(H,28,29)/t19?,21-,22-,24?,25?,26?. The van der Waals surface area contributed by atoms with Crippen LogP contribution in [0.3, 0.4) is 0 Å². The fourth-order valence-corrected chi connectivity index (χ4v) is 8.13. The molecule has 0 saturated heterocycles. The number of benzene rings is 1. The van der Waals surface area contributed by atoms with Crippen molar-refractivity contribution in [2.75, 3.05) is 0 Å². The molecule has 4 bridgehead atoms. The Morgan fingerprint density at radius 1 is 1.00 bits per heavy atom. The highest BCUT2D eigenvalue weighted by molar-refractivity contribution is 5.84. The van der Waals surface area contributed by atoms with E-state index in [0.29, 0.717) is 35.2 Å². The average Bonchev–Trinajstić information content (AvgIpc) is 2.69. The largest absolute Gasteiger partial charge is 0.353 e. The van der Waals surface area contributed by atoms with Crippen LogP contribution in [-0.2, 0) is 10.2 Å². The van der Waals surface area contributed by atoms with Gasteiger partial charge in [-0.3, -0.25) is 4.79 Å². The summed E-state index contributed by atoms with van der Waals surface area (Å²) in [5.41, 5.74) is 7.92. The molecule has 0 radical (unpaired) electrons. The third-order valence-electron chi connectivity index (χ3n) is 9.31. The van der Waals surface area contributed by atoms with Crippen molar-refractivity contribution >= 4 is 5.91 Å². The van der Waals surface area contributed by atoms with Gasteiger partial charge in [0.2, 0.25) is 5.91 Å². The molecule has 6 rings (SSSR count). The molecule has 4 atom stereocenters. The van der Waals surface area contributed by atoms with Gasteiger partial charge in [-0.05, 0) is 92.4 Å². The highest BCUT2D eigenvalue weighted by atomic mass is 16.2. The van der Waals surface area contributed by atoms with Crippen molar-refractivity contribution in [2.24, 2.45) is 28.4 Å². The molecule has 0 heterocycles. The zero-order chi connectivity index (χ0) is 20.3. The van der Waals surface area contributed by atoms with Gasteiger partial charge in [0.1, 0.15) is 0 Å². The topological polar surface area (TPSA) is 55.1 Å². The summed E-state index contributed by atoms with van der Waals surface area (Å²) in [6.45, 7) is 4.81. The number of hydrogen-bond acceptors (Lipinski definition) is 2. The summed E-state index contributed by atoms with van der Waals surface area (Å²) >= 11 is 0. The van der Waals surface area contributed by atoms with Crippen molar-refractivity contribution in [3.63, 3.8) is 0 Å². The number of hydrogen-bond donors (Lipinski definition) is 2. The van der Waals surface area contributed by atoms with Crippen LogP contribution < -0.4 is 11.1 Å². The maximum atomic E-state index is 13.8. The summed E-state index contributed by atoms with van der Waals surface area (Å²) in [7, 11) is 0. The molecule has 5 fully saturated rings. The maximum Gasteiger partial charge on any atom is 0.226 e. The van der Waals surface area contributed by atoms with Crippen LogP contribution >= 0.6 is 0 Å². The molecule has 5 aliphatic carbocycles. The van der Waals surface area contributed by atoms with Crippen molar-refractivity contribution in [3.05, 3.63) is 35.9 Å². The summed E-state index contributed by atoms with van der Waals surface area (Å²) in [5, 5.41) is 3.53. The van der Waals surface area contributed by atoms with E-state index in [1.54, 1.807) is 0 Å². The van der Waals surface area contributed by atoms with Crippen LogP contribution in [0.1, 0.15) is 83.6 Å². The monoisotopic (exact) mass is 394 g/mol. The summed E-state index contributed by atoms with van der Waals surface area (Å²) in [4.78, 5) is 13.8. The second-order valence-electron chi connectivity index (χ2n) is 11.5. The highest BCUT2D eigenvalue weighted by Gasteiger charge is 2.66. The van der Waals surface area contributed by atoms with Gasteiger partial charge in [-0.2, -0.15) is 0 Å². The molecule has 0 aliphatic heterocycles. The Kier molecular flexibility index (Phi) is 4.62. The molecule has 1 amide bonds. The lowest BCUT2D eigenvalue weighted by Crippen LogP contribution is -2.64. The fourth-order valence-electron chi connectivity index (χ4n) is 8.13. The van der Waals surface area contributed by atoms with Crippen LogP contribution in [0, 0.1) is 22.7 Å². The first-order valence-electron chi connectivity index (χ1n) is 12.0. The molecule has 5 saturated carbocycles. The molecule has 3 nitrogen and oxygen atoms in total. The number of rotatable bonds is 4. The number of amides is 1. The van der Waals surface area contributed by atoms with E-state index < -0.39 is 0 Å². The Labute approximate surface area is 176 Å². The number of nitrogens with one attached hydrogen (secondary N) is 1. The van der Waals surface area contributed by atoms with E-state index in [-0.39, 0.29) is 10.8 Å². The minimum absolute atomic E-state index is 0.168. The van der Waals surface area contributed by atoms with Gasteiger partial charge in [-0.15, -0.1) is 0 Å². The predicted molar refractivity (Wildman–Crippen MR) is 117 cm³/mol. The zero-order valence-electron chi connectivity index (χ0n) is 18.3. The average molecular weight is 395 g/mol. The summed E-state index contributed by atoms with van der Waals surface area (Å²) < 4.78 is 0. The molecule has 3 N–H and O–H groups in total. The van der Waals surface area contributed by atoms with Crippen molar-refractivity contribution in [1.82, 2.24) is 5.32 Å². The predicted octanol–water partition coefficient (Wildman–Crippen LogP) is 4.94. The molecule has 0 spiro atoms. The third kappa shape index (κ3) is 3.15. The normalized spacial score (nSPS) is 43.5. The van der Waals surface area contributed by atoms with E-state index in [1.807, 2.05) is 0 Å². The molecule has 4 unspecified atom stereocenters. The Morgan fingerprint density at radius 3 is 2.41 bits per heavy atom. The van der Waals surface area contributed by atoms with Gasteiger partial charge in [-0.25, -0.2) is 0 Å². The summed E-state index contributed by atoms with van der Waals surface area (Å²) in [6, 6.07) is 11.8. The Bertz CT molecular complexity index is 768. The minimum Gasteiger partial charge on any atom is -0.353 e. The molecule has 3 heteroatoms. The van der Waals surface area contributed by atoms with Gasteiger partial charge < -0.3 is 11.1 Å². The number of nitrogens with two attached hydrogens (primary N) is 1. The Hall–Kier alpha value is -1.35. The quantitative estimate of drug-likeness (QED) is 0.760. The highest BCUT2D eigenvalue weighted by Crippen LogP contribution is 2.71. The van der Waals surface area contributed by atoms with E-state index in [2.05, 4.69) is 49.5 Å². The lowest BCUT2D eigenvalue weighted by atomic mass is 9.36. The molecule has 158 valence electrons. The lowest BCUT2D eigenvalue weighted by Gasteiger charge is -2.67. The lowest BCUT2D eigenvalue weighted by molar-refractivity contribution is -0.170. The second-order valence-corrected chi connectivity index (χ2v) is 11.5. The molecule has 5 aliphatic rings. The van der Waals surface area contributed by atoms with Gasteiger partial charge in [0, 0.05) is 12.1 Å². The van der Waals surface area contributed by atoms with Crippen molar-refractivity contribution in [3.8, 4) is 0 Å². The first kappa shape index (κ1) is 19.6. The summed E-state index contributed by atoms with van der Waals surface area (Å²) in [6.07, 6.45) is 11.3. The van der Waals surface area contributed by atoms with Gasteiger partial charge in [0.05, 0.1) is 5.41 Å². The first-order valence-corrected chi connectivity index (χ1v) is 12.0. The van der Waals surface area contributed by atoms with Crippen LogP contribution in [0.5, 0.6) is 0 Å². The molecule has 1 aromatic rings. The number of carbonyl (C=O) groups excluding carboxylic acids is 1. The molecular formula is C26H38N2O. The van der Waals surface area contributed by atoms with E-state index in [9.17, 15) is 4.79 Å². The van der Waals surface area contributed by atoms with E-state index in [1.165, 1.54) is 24.8 Å². The van der Waals surface area contributed by atoms with Crippen LogP contribution in [0.25, 0.3) is 0 Å². The third-order valence-corrected chi connectivity index (χ3v) is 9.31. The van der Waals surface area contributed by atoms with Gasteiger partial charge in [0.15, 0.2) is 0 Å². The first-order chi connectivity index (χ1) is 13.8. The zero-order valence-corrected chi connectivity index (χ0v) is 18.3. The van der Waals surface area contributed by atoms with E-state index in [4.69, 9.17) is 5.73 Å². The van der Waals surface area contributed by atoms with Gasteiger partial charge in [0.25, 0.3) is 0 Å². The fraction of sp³-hybridized carbons (Fsp3) is 0.731. The Morgan fingerprint density at radius 2 is 1.72 bits per heavy atom. The second kappa shape index (κ2) is 6.83.